The fourth-order valence-corrected chi connectivity index (χ4v) is 4.16. The summed E-state index contributed by atoms with van der Waals surface area (Å²) in [4.78, 5) is 28.2. The van der Waals surface area contributed by atoms with Crippen LogP contribution in [0.25, 0.3) is 5.65 Å². The highest BCUT2D eigenvalue weighted by Crippen LogP contribution is 2.30. The molecule has 0 aromatic carbocycles. The fourth-order valence-electron chi connectivity index (χ4n) is 4.16. The van der Waals surface area contributed by atoms with Gasteiger partial charge in [0.2, 0.25) is 0 Å². The Hall–Kier alpha value is -3.57. The Morgan fingerprint density at radius 3 is 2.53 bits per heavy atom. The average molecular weight is 478 g/mol. The molecule has 0 spiro atoms. The number of nitrogens with one attached hydrogen (secondary N) is 2. The van der Waals surface area contributed by atoms with Crippen molar-refractivity contribution < 1.29 is 27.5 Å². The van der Waals surface area contributed by atoms with E-state index in [2.05, 4.69) is 25.5 Å². The van der Waals surface area contributed by atoms with Gasteiger partial charge in [-0.2, -0.15) is 18.3 Å². The van der Waals surface area contributed by atoms with Crippen LogP contribution in [0, 0.1) is 0 Å². The molecule has 1 aliphatic carbocycles. The van der Waals surface area contributed by atoms with Crippen molar-refractivity contribution in [1.29, 1.82) is 0 Å². The smallest absolute Gasteiger partial charge is 0.434 e. The summed E-state index contributed by atoms with van der Waals surface area (Å²) in [5, 5.41) is 10.4. The number of hydrogen-bond acceptors (Lipinski definition) is 6. The van der Waals surface area contributed by atoms with Crippen LogP contribution in [-0.4, -0.2) is 50.2 Å². The molecule has 3 heterocycles. The fraction of sp³-hybridized carbons (Fsp3) is 0.455. The molecular weight excluding hydrogens is 453 g/mol. The Kier molecular flexibility index (Phi) is 6.49. The van der Waals surface area contributed by atoms with Crippen molar-refractivity contribution in [3.63, 3.8) is 0 Å². The number of nitrogens with zero attached hydrogens (tertiary/aromatic N) is 4. The molecule has 3 aromatic rings. The molecule has 9 nitrogen and oxygen atoms in total. The molecule has 34 heavy (non-hydrogen) atoms. The number of pyridine rings is 1. The molecule has 1 aliphatic rings. The number of hydrogen-bond donors (Lipinski definition) is 2. The van der Waals surface area contributed by atoms with E-state index in [0.717, 1.165) is 19.0 Å². The van der Waals surface area contributed by atoms with Gasteiger partial charge in [-0.05, 0) is 44.7 Å². The van der Waals surface area contributed by atoms with Crippen LogP contribution < -0.4 is 10.6 Å². The molecule has 12 heteroatoms. The summed E-state index contributed by atoms with van der Waals surface area (Å²) in [5.41, 5.74) is -0.354. The Bertz CT molecular complexity index is 1190. The van der Waals surface area contributed by atoms with E-state index in [9.17, 15) is 22.8 Å². The van der Waals surface area contributed by atoms with Gasteiger partial charge in [-0.25, -0.2) is 9.78 Å². The van der Waals surface area contributed by atoms with Crippen molar-refractivity contribution >= 4 is 23.3 Å². The quantitative estimate of drug-likeness (QED) is 0.526. The molecule has 0 atom stereocenters. The molecule has 0 saturated heterocycles. The third kappa shape index (κ3) is 4.85. The number of fused-ring (bicyclic) bond motifs is 1. The lowest BCUT2D eigenvalue weighted by atomic mass is 9.91. The standard InChI is InChI=1S/C22H25F3N6O3/c1-3-31-16(11-15(29-31)21(33)34-2)20(32)27-14-9-7-13(8-10-14)26-18-5-4-6-19-28-17(12-30(18)19)22(23,24)25/h4-6,11-14,26H,3,7-10H2,1-2H3,(H,27,32). The summed E-state index contributed by atoms with van der Waals surface area (Å²) in [6.45, 7) is 2.24. The van der Waals surface area contributed by atoms with Crippen LogP contribution >= 0.6 is 0 Å². The van der Waals surface area contributed by atoms with Crippen molar-refractivity contribution in [2.75, 3.05) is 12.4 Å². The summed E-state index contributed by atoms with van der Waals surface area (Å²) in [5.74, 6) is -0.387. The number of anilines is 1. The van der Waals surface area contributed by atoms with Crippen LogP contribution in [0.4, 0.5) is 19.0 Å². The molecule has 3 aromatic heterocycles. The number of imidazole rings is 1. The van der Waals surface area contributed by atoms with Gasteiger partial charge in [0.1, 0.15) is 17.2 Å². The van der Waals surface area contributed by atoms with E-state index in [1.54, 1.807) is 12.1 Å². The SMILES string of the molecule is CCn1nc(C(=O)OC)cc1C(=O)NC1CCC(Nc2cccc3nc(C(F)(F)F)cn23)CC1. The first kappa shape index (κ1) is 23.6. The monoisotopic (exact) mass is 478 g/mol. The zero-order valence-electron chi connectivity index (χ0n) is 18.7. The number of carbonyl (C=O) groups is 2. The molecule has 1 amide bonds. The molecule has 4 rings (SSSR count). The minimum absolute atomic E-state index is 0.0441. The van der Waals surface area contributed by atoms with Crippen molar-refractivity contribution in [3.8, 4) is 0 Å². The molecule has 1 saturated carbocycles. The first-order valence-electron chi connectivity index (χ1n) is 11.0. The normalized spacial score (nSPS) is 18.6. The van der Waals surface area contributed by atoms with Crippen molar-refractivity contribution in [2.24, 2.45) is 0 Å². The van der Waals surface area contributed by atoms with Gasteiger partial charge in [0.15, 0.2) is 11.4 Å². The lowest BCUT2D eigenvalue weighted by Crippen LogP contribution is -2.41. The first-order valence-corrected chi connectivity index (χ1v) is 11.0. The molecule has 0 bridgehead atoms. The van der Waals surface area contributed by atoms with E-state index in [4.69, 9.17) is 0 Å². The Balaban J connectivity index is 1.37. The van der Waals surface area contributed by atoms with E-state index in [1.807, 2.05) is 6.92 Å². The summed E-state index contributed by atoms with van der Waals surface area (Å²) in [6.07, 6.45) is -0.680. The van der Waals surface area contributed by atoms with Gasteiger partial charge in [0.25, 0.3) is 5.91 Å². The number of amides is 1. The zero-order valence-corrected chi connectivity index (χ0v) is 18.7. The summed E-state index contributed by atoms with van der Waals surface area (Å²) < 4.78 is 46.6. The maximum atomic E-state index is 13.0. The summed E-state index contributed by atoms with van der Waals surface area (Å²) >= 11 is 0. The number of alkyl halides is 3. The van der Waals surface area contributed by atoms with Crippen LogP contribution in [0.15, 0.2) is 30.5 Å². The van der Waals surface area contributed by atoms with E-state index in [1.165, 1.54) is 28.3 Å². The molecule has 2 N–H and O–H groups in total. The van der Waals surface area contributed by atoms with Gasteiger partial charge >= 0.3 is 12.1 Å². The molecule has 0 aliphatic heterocycles. The van der Waals surface area contributed by atoms with Crippen LogP contribution in [0.3, 0.4) is 0 Å². The van der Waals surface area contributed by atoms with Gasteiger partial charge in [0, 0.05) is 30.9 Å². The van der Waals surface area contributed by atoms with Crippen LogP contribution in [-0.2, 0) is 17.5 Å². The first-order chi connectivity index (χ1) is 16.2. The Morgan fingerprint density at radius 1 is 1.18 bits per heavy atom. The number of ether oxygens (including phenoxy) is 1. The molecule has 182 valence electrons. The number of aryl methyl sites for hydroxylation is 1. The topological polar surface area (TPSA) is 103 Å². The Labute approximate surface area is 193 Å². The summed E-state index contributed by atoms with van der Waals surface area (Å²) in [6, 6.07) is 6.30. The highest BCUT2D eigenvalue weighted by Gasteiger charge is 2.34. The van der Waals surface area contributed by atoms with Gasteiger partial charge in [-0.3, -0.25) is 13.9 Å². The minimum atomic E-state index is -4.51. The second-order valence-electron chi connectivity index (χ2n) is 8.15. The number of esters is 1. The number of aromatic nitrogens is 4. The second kappa shape index (κ2) is 9.35. The lowest BCUT2D eigenvalue weighted by Gasteiger charge is -2.30. The number of carbonyl (C=O) groups excluding carboxylic acids is 2. The van der Waals surface area contributed by atoms with E-state index >= 15 is 0 Å². The van der Waals surface area contributed by atoms with E-state index < -0.39 is 17.8 Å². The van der Waals surface area contributed by atoms with Crippen molar-refractivity contribution in [3.05, 3.63) is 47.5 Å². The van der Waals surface area contributed by atoms with Crippen LogP contribution in [0.2, 0.25) is 0 Å². The van der Waals surface area contributed by atoms with E-state index in [-0.39, 0.29) is 35.0 Å². The van der Waals surface area contributed by atoms with Crippen molar-refractivity contribution in [2.45, 2.75) is 57.4 Å². The van der Waals surface area contributed by atoms with E-state index in [0.29, 0.717) is 25.2 Å². The number of methoxy groups -OCH3 is 1. The second-order valence-corrected chi connectivity index (χ2v) is 8.15. The van der Waals surface area contributed by atoms with Gasteiger partial charge in [0.05, 0.1) is 7.11 Å². The lowest BCUT2D eigenvalue weighted by molar-refractivity contribution is -0.140. The average Bonchev–Trinajstić information content (AvgIpc) is 3.45. The highest BCUT2D eigenvalue weighted by molar-refractivity contribution is 5.96. The third-order valence-corrected chi connectivity index (χ3v) is 5.90. The predicted octanol–water partition coefficient (Wildman–Crippen LogP) is 3.51. The maximum absolute atomic E-state index is 13.0. The zero-order chi connectivity index (χ0) is 24.5. The van der Waals surface area contributed by atoms with Crippen molar-refractivity contribution in [1.82, 2.24) is 24.5 Å². The number of halogens is 3. The number of rotatable bonds is 6. The molecule has 0 unspecified atom stereocenters. The van der Waals surface area contributed by atoms with Gasteiger partial charge < -0.3 is 15.4 Å². The molecule has 0 radical (unpaired) electrons. The van der Waals surface area contributed by atoms with Gasteiger partial charge in [-0.15, -0.1) is 0 Å². The third-order valence-electron chi connectivity index (χ3n) is 5.90. The largest absolute Gasteiger partial charge is 0.464 e. The molecule has 1 fully saturated rings. The minimum Gasteiger partial charge on any atom is -0.464 e. The van der Waals surface area contributed by atoms with Crippen LogP contribution in [0.5, 0.6) is 0 Å². The molecular formula is C22H25F3N6O3. The van der Waals surface area contributed by atoms with Gasteiger partial charge in [-0.1, -0.05) is 6.07 Å². The maximum Gasteiger partial charge on any atom is 0.434 e. The summed E-state index contributed by atoms with van der Waals surface area (Å²) in [7, 11) is 1.25. The predicted molar refractivity (Wildman–Crippen MR) is 117 cm³/mol. The van der Waals surface area contributed by atoms with Crippen LogP contribution in [0.1, 0.15) is 59.3 Å². The Morgan fingerprint density at radius 2 is 1.88 bits per heavy atom. The highest BCUT2D eigenvalue weighted by atomic mass is 19.4.